The molecule has 7 nitrogen and oxygen atoms in total. The summed E-state index contributed by atoms with van der Waals surface area (Å²) in [6.07, 6.45) is 3.84. The highest BCUT2D eigenvalue weighted by molar-refractivity contribution is 5.96. The number of likely N-dealkylation sites (tertiary alicyclic amines) is 1. The lowest BCUT2D eigenvalue weighted by Crippen LogP contribution is -2.37. The monoisotopic (exact) mass is 520 g/mol. The highest BCUT2D eigenvalue weighted by Gasteiger charge is 2.25. The lowest BCUT2D eigenvalue weighted by Gasteiger charge is -2.28. The topological polar surface area (TPSA) is 56.3 Å². The van der Waals surface area contributed by atoms with Crippen molar-refractivity contribution in [1.29, 1.82) is 0 Å². The molecular weight excluding hydrogens is 476 g/mol. The average molecular weight is 521 g/mol. The number of benzene rings is 2. The first kappa shape index (κ1) is 28.1. The number of anilines is 1. The van der Waals surface area contributed by atoms with Crippen LogP contribution in [0.4, 0.5) is 5.69 Å². The summed E-state index contributed by atoms with van der Waals surface area (Å²) in [4.78, 5) is 35.8. The summed E-state index contributed by atoms with van der Waals surface area (Å²) < 4.78 is 5.64. The molecule has 7 heteroatoms. The van der Waals surface area contributed by atoms with E-state index in [2.05, 4.69) is 36.8 Å². The molecule has 0 unspecified atom stereocenters. The molecule has 2 aliphatic heterocycles. The molecule has 1 saturated heterocycles. The van der Waals surface area contributed by atoms with E-state index >= 15 is 0 Å². The molecule has 1 fully saturated rings. The van der Waals surface area contributed by atoms with Gasteiger partial charge in [-0.3, -0.25) is 14.5 Å². The Bertz CT molecular complexity index is 1100. The first-order valence-corrected chi connectivity index (χ1v) is 14.1. The second kappa shape index (κ2) is 13.3. The van der Waals surface area contributed by atoms with Crippen molar-refractivity contribution in [3.05, 3.63) is 59.2 Å². The van der Waals surface area contributed by atoms with Crippen molar-refractivity contribution in [2.75, 3.05) is 58.3 Å². The molecule has 38 heavy (non-hydrogen) atoms. The molecule has 2 aliphatic rings. The second-order valence-corrected chi connectivity index (χ2v) is 11.2. The normalized spacial score (nSPS) is 17.8. The highest BCUT2D eigenvalue weighted by atomic mass is 16.5. The Morgan fingerprint density at radius 3 is 2.42 bits per heavy atom. The maximum atomic E-state index is 14.0. The van der Waals surface area contributed by atoms with Gasteiger partial charge in [-0.2, -0.15) is 0 Å². The van der Waals surface area contributed by atoms with Gasteiger partial charge in [0.25, 0.3) is 5.91 Å². The van der Waals surface area contributed by atoms with Gasteiger partial charge in [-0.25, -0.2) is 0 Å². The van der Waals surface area contributed by atoms with Crippen LogP contribution in [0.5, 0.6) is 5.75 Å². The first-order valence-electron chi connectivity index (χ1n) is 14.1. The second-order valence-electron chi connectivity index (χ2n) is 11.2. The number of rotatable bonds is 6. The standard InChI is InChI=1S/C31H44N4O3/c1-24(2)20-30(36)35-17-9-14-32(3)18-19-34(23-26-10-5-6-11-28(26)35)31(37)25-12-13-29(38-4)27(21-25)22-33-15-7-8-16-33/h5-6,10-13,21,24H,7-9,14-20,22-23H2,1-4H3. The fourth-order valence-electron chi connectivity index (χ4n) is 5.51. The molecule has 0 aliphatic carbocycles. The third kappa shape index (κ3) is 7.14. The molecule has 0 aromatic heterocycles. The Labute approximate surface area is 228 Å². The predicted molar refractivity (Wildman–Crippen MR) is 153 cm³/mol. The summed E-state index contributed by atoms with van der Waals surface area (Å²) in [6, 6.07) is 13.9. The van der Waals surface area contributed by atoms with Gasteiger partial charge in [-0.15, -0.1) is 0 Å². The van der Waals surface area contributed by atoms with Gasteiger partial charge in [-0.1, -0.05) is 32.0 Å². The number of hydrogen-bond acceptors (Lipinski definition) is 5. The van der Waals surface area contributed by atoms with E-state index in [1.165, 1.54) is 12.8 Å². The molecule has 0 N–H and O–H groups in total. The van der Waals surface area contributed by atoms with Crippen LogP contribution < -0.4 is 9.64 Å². The van der Waals surface area contributed by atoms with E-state index in [1.807, 2.05) is 46.2 Å². The van der Waals surface area contributed by atoms with E-state index in [0.717, 1.165) is 61.7 Å². The third-order valence-corrected chi connectivity index (χ3v) is 7.61. The Morgan fingerprint density at radius 1 is 0.921 bits per heavy atom. The molecule has 0 atom stereocenters. The molecule has 2 heterocycles. The van der Waals surface area contributed by atoms with Gasteiger partial charge in [0, 0.05) is 56.0 Å². The van der Waals surface area contributed by atoms with E-state index in [9.17, 15) is 9.59 Å². The van der Waals surface area contributed by atoms with Crippen LogP contribution >= 0.6 is 0 Å². The molecule has 206 valence electrons. The molecule has 2 amide bonds. The van der Waals surface area contributed by atoms with Gasteiger partial charge in [0.2, 0.25) is 5.91 Å². The number of amides is 2. The minimum atomic E-state index is 0.0119. The van der Waals surface area contributed by atoms with Gasteiger partial charge in [0.05, 0.1) is 7.11 Å². The van der Waals surface area contributed by atoms with Crippen LogP contribution in [0.2, 0.25) is 0 Å². The minimum absolute atomic E-state index is 0.0119. The number of para-hydroxylation sites is 1. The Kier molecular flexibility index (Phi) is 9.80. The smallest absolute Gasteiger partial charge is 0.254 e. The van der Waals surface area contributed by atoms with Gasteiger partial charge >= 0.3 is 0 Å². The maximum absolute atomic E-state index is 14.0. The zero-order valence-electron chi connectivity index (χ0n) is 23.6. The lowest BCUT2D eigenvalue weighted by molar-refractivity contribution is -0.119. The van der Waals surface area contributed by atoms with Crippen LogP contribution in [0.3, 0.4) is 0 Å². The molecule has 0 spiro atoms. The zero-order chi connectivity index (χ0) is 27.1. The fraction of sp³-hybridized carbons (Fsp3) is 0.548. The van der Waals surface area contributed by atoms with Crippen molar-refractivity contribution in [2.24, 2.45) is 5.92 Å². The summed E-state index contributed by atoms with van der Waals surface area (Å²) >= 11 is 0. The van der Waals surface area contributed by atoms with E-state index in [4.69, 9.17) is 4.74 Å². The number of likely N-dealkylation sites (N-methyl/N-ethyl adjacent to an activating group) is 1. The third-order valence-electron chi connectivity index (χ3n) is 7.61. The Morgan fingerprint density at radius 2 is 1.68 bits per heavy atom. The zero-order valence-corrected chi connectivity index (χ0v) is 23.6. The van der Waals surface area contributed by atoms with Crippen molar-refractivity contribution >= 4 is 17.5 Å². The van der Waals surface area contributed by atoms with Crippen molar-refractivity contribution in [3.8, 4) is 5.75 Å². The summed E-state index contributed by atoms with van der Waals surface area (Å²) in [5, 5.41) is 0. The summed E-state index contributed by atoms with van der Waals surface area (Å²) in [6.45, 7) is 10.5. The molecule has 0 radical (unpaired) electrons. The summed E-state index contributed by atoms with van der Waals surface area (Å²) in [7, 11) is 3.78. The van der Waals surface area contributed by atoms with Crippen LogP contribution in [0.25, 0.3) is 0 Å². The SMILES string of the molecule is COc1ccc(C(=O)N2CCN(C)CCCN(C(=O)CC(C)C)c3ccccc3C2)cc1CN1CCCC1. The number of carbonyl (C=O) groups is 2. The van der Waals surface area contributed by atoms with Crippen LogP contribution in [0.15, 0.2) is 42.5 Å². The van der Waals surface area contributed by atoms with E-state index < -0.39 is 0 Å². The largest absolute Gasteiger partial charge is 0.496 e. The minimum Gasteiger partial charge on any atom is -0.496 e. The van der Waals surface area contributed by atoms with Crippen molar-refractivity contribution in [3.63, 3.8) is 0 Å². The van der Waals surface area contributed by atoms with Crippen LogP contribution in [0, 0.1) is 5.92 Å². The number of ether oxygens (including phenoxy) is 1. The van der Waals surface area contributed by atoms with Crippen molar-refractivity contribution in [1.82, 2.24) is 14.7 Å². The summed E-state index contributed by atoms with van der Waals surface area (Å²) in [5.74, 6) is 1.28. The maximum Gasteiger partial charge on any atom is 0.254 e. The Balaban J connectivity index is 1.64. The van der Waals surface area contributed by atoms with Gasteiger partial charge in [0.15, 0.2) is 0 Å². The molecule has 4 rings (SSSR count). The van der Waals surface area contributed by atoms with E-state index in [0.29, 0.717) is 37.5 Å². The molecule has 0 saturated carbocycles. The lowest BCUT2D eigenvalue weighted by atomic mass is 10.1. The van der Waals surface area contributed by atoms with E-state index in [1.54, 1.807) is 7.11 Å². The molecular formula is C31H44N4O3. The summed E-state index contributed by atoms with van der Waals surface area (Å²) in [5.41, 5.74) is 3.67. The van der Waals surface area contributed by atoms with E-state index in [-0.39, 0.29) is 11.8 Å². The van der Waals surface area contributed by atoms with Crippen LogP contribution in [-0.2, 0) is 17.9 Å². The Hall–Kier alpha value is -2.90. The van der Waals surface area contributed by atoms with Gasteiger partial charge < -0.3 is 19.4 Å². The highest BCUT2D eigenvalue weighted by Crippen LogP contribution is 2.27. The van der Waals surface area contributed by atoms with Crippen molar-refractivity contribution < 1.29 is 14.3 Å². The predicted octanol–water partition coefficient (Wildman–Crippen LogP) is 4.65. The molecule has 2 aromatic carbocycles. The van der Waals surface area contributed by atoms with Crippen LogP contribution in [0.1, 0.15) is 61.0 Å². The molecule has 0 bridgehead atoms. The quantitative estimate of drug-likeness (QED) is 0.555. The molecule has 2 aromatic rings. The van der Waals surface area contributed by atoms with Gasteiger partial charge in [0.1, 0.15) is 5.75 Å². The number of carbonyl (C=O) groups excluding carboxylic acids is 2. The number of hydrogen-bond donors (Lipinski definition) is 0. The fourth-order valence-corrected chi connectivity index (χ4v) is 5.51. The van der Waals surface area contributed by atoms with Crippen LogP contribution in [-0.4, -0.2) is 79.9 Å². The first-order chi connectivity index (χ1) is 18.4. The average Bonchev–Trinajstić information content (AvgIpc) is 3.40. The van der Waals surface area contributed by atoms with Crippen molar-refractivity contribution in [2.45, 2.75) is 52.6 Å². The number of nitrogens with zero attached hydrogens (tertiary/aromatic N) is 4. The number of fused-ring (bicyclic) bond motifs is 1. The number of methoxy groups -OCH3 is 1. The van der Waals surface area contributed by atoms with Gasteiger partial charge in [-0.05, 0) is 81.7 Å².